The van der Waals surface area contributed by atoms with E-state index in [4.69, 9.17) is 12.2 Å². The second-order valence-electron chi connectivity index (χ2n) is 4.84. The molecule has 0 saturated carbocycles. The molecule has 0 spiro atoms. The first kappa shape index (κ1) is 16.9. The summed E-state index contributed by atoms with van der Waals surface area (Å²) in [5.74, 6) is 0.869. The fraction of sp³-hybridized carbons (Fsp3) is 0.0625. The van der Waals surface area contributed by atoms with Gasteiger partial charge in [-0.3, -0.25) is 15.6 Å². The summed E-state index contributed by atoms with van der Waals surface area (Å²) >= 11 is 6.57. The van der Waals surface area contributed by atoms with Crippen molar-refractivity contribution >= 4 is 46.2 Å². The number of carbonyl (C=O) groups is 1. The second-order valence-corrected chi connectivity index (χ2v) is 6.11. The molecule has 0 radical (unpaired) electrons. The van der Waals surface area contributed by atoms with Crippen molar-refractivity contribution in [3.63, 3.8) is 0 Å². The van der Waals surface area contributed by atoms with Gasteiger partial charge in [-0.2, -0.15) is 0 Å². The number of carbonyl (C=O) groups excluding carboxylic acids is 1. The van der Waals surface area contributed by atoms with Gasteiger partial charge >= 0.3 is 6.03 Å². The minimum absolute atomic E-state index is 0.400. The van der Waals surface area contributed by atoms with Crippen molar-refractivity contribution < 1.29 is 4.79 Å². The van der Waals surface area contributed by atoms with Crippen LogP contribution in [0.25, 0.3) is 10.6 Å². The normalized spacial score (nSPS) is 10.1. The molecule has 0 fully saturated rings. The van der Waals surface area contributed by atoms with E-state index >= 15 is 0 Å². The highest BCUT2D eigenvalue weighted by Crippen LogP contribution is 2.25. The average molecular weight is 370 g/mol. The molecule has 126 valence electrons. The third kappa shape index (κ3) is 4.34. The maximum absolute atomic E-state index is 12.1. The van der Waals surface area contributed by atoms with E-state index in [1.165, 1.54) is 11.3 Å². The van der Waals surface area contributed by atoms with Gasteiger partial charge in [0.05, 0.1) is 5.69 Å². The summed E-state index contributed by atoms with van der Waals surface area (Å²) < 4.78 is 0. The Morgan fingerprint density at radius 2 is 1.84 bits per heavy atom. The lowest BCUT2D eigenvalue weighted by Gasteiger charge is -2.07. The molecule has 3 aromatic heterocycles. The largest absolute Gasteiger partial charge is 0.378 e. The predicted octanol–water partition coefficient (Wildman–Crippen LogP) is 3.14. The van der Waals surface area contributed by atoms with E-state index in [1.54, 1.807) is 43.0 Å². The van der Waals surface area contributed by atoms with E-state index in [9.17, 15) is 4.79 Å². The molecule has 3 heterocycles. The van der Waals surface area contributed by atoms with Crippen LogP contribution in [0.5, 0.6) is 0 Å². The van der Waals surface area contributed by atoms with Crippen LogP contribution in [-0.4, -0.2) is 33.0 Å². The third-order valence-electron chi connectivity index (χ3n) is 3.12. The van der Waals surface area contributed by atoms with E-state index < -0.39 is 6.03 Å². The predicted molar refractivity (Wildman–Crippen MR) is 103 cm³/mol. The summed E-state index contributed by atoms with van der Waals surface area (Å²) in [7, 11) is 1.72. The molecule has 0 unspecified atom stereocenters. The molecular formula is C16H14N6OS2. The first-order chi connectivity index (χ1) is 12.2. The Morgan fingerprint density at radius 3 is 2.60 bits per heavy atom. The number of thiocarbonyl (C=S) groups is 1. The Labute approximate surface area is 153 Å². The molecule has 3 N–H and O–H groups in total. The zero-order chi connectivity index (χ0) is 17.6. The zero-order valence-electron chi connectivity index (χ0n) is 13.2. The molecule has 0 aliphatic rings. The molecule has 0 bridgehead atoms. The molecule has 0 aliphatic heterocycles. The lowest BCUT2D eigenvalue weighted by molar-refractivity contribution is 0.262. The van der Waals surface area contributed by atoms with Crippen LogP contribution in [0.1, 0.15) is 5.69 Å². The topological polar surface area (TPSA) is 91.8 Å². The fourth-order valence-electron chi connectivity index (χ4n) is 1.98. The molecular weight excluding hydrogens is 356 g/mol. The van der Waals surface area contributed by atoms with Crippen LogP contribution in [0.15, 0.2) is 48.1 Å². The maximum atomic E-state index is 12.1. The van der Waals surface area contributed by atoms with Gasteiger partial charge in [0.25, 0.3) is 0 Å². The number of rotatable bonds is 4. The summed E-state index contributed by atoms with van der Waals surface area (Å²) in [6, 6.07) is 8.53. The molecule has 3 rings (SSSR count). The van der Waals surface area contributed by atoms with Gasteiger partial charge in [0.15, 0.2) is 0 Å². The van der Waals surface area contributed by atoms with Gasteiger partial charge in [-0.25, -0.2) is 14.8 Å². The van der Waals surface area contributed by atoms with E-state index in [0.717, 1.165) is 10.6 Å². The summed E-state index contributed by atoms with van der Waals surface area (Å²) in [5, 5.41) is 10.8. The molecule has 3 aromatic rings. The van der Waals surface area contributed by atoms with E-state index in [-0.39, 0.29) is 0 Å². The number of thiazole rings is 1. The van der Waals surface area contributed by atoms with E-state index in [1.807, 2.05) is 12.1 Å². The van der Waals surface area contributed by atoms with Crippen LogP contribution in [0.3, 0.4) is 0 Å². The summed E-state index contributed by atoms with van der Waals surface area (Å²) in [4.78, 5) is 25.3. The Balaban J connectivity index is 1.65. The van der Waals surface area contributed by atoms with Gasteiger partial charge in [-0.1, -0.05) is 18.3 Å². The van der Waals surface area contributed by atoms with E-state index in [0.29, 0.717) is 22.3 Å². The molecule has 25 heavy (non-hydrogen) atoms. The number of nitrogens with zero attached hydrogens (tertiary/aromatic N) is 3. The number of pyridine rings is 2. The zero-order valence-corrected chi connectivity index (χ0v) is 14.8. The molecule has 7 nitrogen and oxygen atoms in total. The lowest BCUT2D eigenvalue weighted by atomic mass is 10.3. The van der Waals surface area contributed by atoms with Crippen molar-refractivity contribution in [2.75, 3.05) is 17.7 Å². The van der Waals surface area contributed by atoms with Crippen LogP contribution < -0.4 is 16.0 Å². The number of aromatic nitrogens is 3. The third-order valence-corrected chi connectivity index (χ3v) is 4.43. The summed E-state index contributed by atoms with van der Waals surface area (Å²) in [5.41, 5.74) is 1.53. The highest BCUT2D eigenvalue weighted by atomic mass is 32.1. The summed E-state index contributed by atoms with van der Waals surface area (Å²) in [6.45, 7) is 0. The second kappa shape index (κ2) is 7.77. The van der Waals surface area contributed by atoms with Gasteiger partial charge in [-0.15, -0.1) is 11.3 Å². The van der Waals surface area contributed by atoms with Crippen LogP contribution >= 0.6 is 23.6 Å². The monoisotopic (exact) mass is 370 g/mol. The van der Waals surface area contributed by atoms with Gasteiger partial charge < -0.3 is 5.32 Å². The Bertz CT molecular complexity index is 896. The molecule has 0 aliphatic carbocycles. The fourth-order valence-corrected chi connectivity index (χ4v) is 2.85. The highest BCUT2D eigenvalue weighted by Gasteiger charge is 2.09. The minimum atomic E-state index is -0.424. The van der Waals surface area contributed by atoms with Crippen molar-refractivity contribution in [2.24, 2.45) is 0 Å². The number of nitrogens with one attached hydrogen (secondary N) is 3. The van der Waals surface area contributed by atoms with Gasteiger partial charge in [0.2, 0.25) is 0 Å². The van der Waals surface area contributed by atoms with E-state index in [2.05, 4.69) is 30.9 Å². The van der Waals surface area contributed by atoms with Crippen LogP contribution in [0.4, 0.5) is 16.4 Å². The Hall–Kier alpha value is -2.91. The molecule has 2 amide bonds. The van der Waals surface area contributed by atoms with Crippen LogP contribution in [-0.2, 0) is 0 Å². The van der Waals surface area contributed by atoms with Crippen LogP contribution in [0, 0.1) is 0 Å². The smallest absolute Gasteiger partial charge is 0.326 e. The number of hydrogen-bond donors (Lipinski definition) is 3. The molecule has 0 saturated heterocycles. The molecule has 0 aromatic carbocycles. The SMILES string of the molecule is CNC(=S)c1cccc(NC(=O)Nc2csc(-c3ccncc3)n2)n1. The Kier molecular flexibility index (Phi) is 5.26. The minimum Gasteiger partial charge on any atom is -0.378 e. The van der Waals surface area contributed by atoms with Gasteiger partial charge in [0.1, 0.15) is 21.6 Å². The first-order valence-corrected chi connectivity index (χ1v) is 8.57. The Morgan fingerprint density at radius 1 is 1.08 bits per heavy atom. The van der Waals surface area contributed by atoms with Crippen LogP contribution in [0.2, 0.25) is 0 Å². The molecule has 0 atom stereocenters. The van der Waals surface area contributed by atoms with Gasteiger partial charge in [-0.05, 0) is 24.3 Å². The van der Waals surface area contributed by atoms with Crippen molar-refractivity contribution in [1.29, 1.82) is 0 Å². The quantitative estimate of drug-likeness (QED) is 0.611. The summed E-state index contributed by atoms with van der Waals surface area (Å²) in [6.07, 6.45) is 3.40. The number of anilines is 2. The average Bonchev–Trinajstić information content (AvgIpc) is 3.10. The van der Waals surface area contributed by atoms with Crippen molar-refractivity contribution in [2.45, 2.75) is 0 Å². The number of amides is 2. The highest BCUT2D eigenvalue weighted by molar-refractivity contribution is 7.80. The maximum Gasteiger partial charge on any atom is 0.326 e. The van der Waals surface area contributed by atoms with Crippen molar-refractivity contribution in [3.8, 4) is 10.6 Å². The van der Waals surface area contributed by atoms with Gasteiger partial charge in [0, 0.05) is 30.4 Å². The number of urea groups is 1. The standard InChI is InChI=1S/C16H14N6OS2/c1-17-14(24)11-3-2-4-12(19-11)21-16(23)22-13-9-25-15(20-13)10-5-7-18-8-6-10/h2-9H,1H3,(H,17,24)(H2,19,21,22,23). The van der Waals surface area contributed by atoms with Crippen molar-refractivity contribution in [3.05, 3.63) is 53.8 Å². The lowest BCUT2D eigenvalue weighted by Crippen LogP contribution is -2.22. The molecule has 9 heteroatoms. The van der Waals surface area contributed by atoms with Crippen molar-refractivity contribution in [1.82, 2.24) is 20.3 Å². The number of hydrogen-bond acceptors (Lipinski definition) is 6. The first-order valence-electron chi connectivity index (χ1n) is 7.29.